The summed E-state index contributed by atoms with van der Waals surface area (Å²) in [5.74, 6) is -3.92. The van der Waals surface area contributed by atoms with Gasteiger partial charge in [-0.15, -0.1) is 13.2 Å². The smallest absolute Gasteiger partial charge is 0.313 e. The van der Waals surface area contributed by atoms with Crippen LogP contribution in [-0.4, -0.2) is 84.4 Å². The minimum Gasteiger partial charge on any atom is -0.455 e. The van der Waals surface area contributed by atoms with E-state index in [0.29, 0.717) is 36.1 Å². The summed E-state index contributed by atoms with van der Waals surface area (Å²) in [6, 6.07) is 21.2. The number of aryl methyl sites for hydroxylation is 2. The van der Waals surface area contributed by atoms with Gasteiger partial charge in [0.1, 0.15) is 17.7 Å². The number of benzene rings is 3. The molecule has 3 aromatic carbocycles. The Kier molecular flexibility index (Phi) is 12.3. The lowest BCUT2D eigenvalue weighted by Gasteiger charge is -2.39. The lowest BCUT2D eigenvalue weighted by Crippen LogP contribution is -2.57. The number of amides is 3. The molecule has 0 unspecified atom stereocenters. The number of likely N-dealkylation sites (tertiary alicyclic amines) is 1. The molecule has 3 aliphatic heterocycles. The zero-order chi connectivity index (χ0) is 39.3. The number of rotatable bonds is 17. The highest BCUT2D eigenvalue weighted by Crippen LogP contribution is 2.60. The van der Waals surface area contributed by atoms with E-state index in [1.165, 1.54) is 12.0 Å². The summed E-state index contributed by atoms with van der Waals surface area (Å²) in [7, 11) is 1.50. The van der Waals surface area contributed by atoms with Crippen molar-refractivity contribution < 1.29 is 38.5 Å². The number of nitrogens with one attached hydrogen (secondary N) is 1. The van der Waals surface area contributed by atoms with Gasteiger partial charge in [-0.1, -0.05) is 84.9 Å². The van der Waals surface area contributed by atoms with Crippen molar-refractivity contribution in [2.75, 3.05) is 31.8 Å². The Bertz CT molecular complexity index is 1890. The molecule has 6 rings (SSSR count). The molecule has 3 heterocycles. The number of methoxy groups -OCH3 is 1. The number of hydrogen-bond donors (Lipinski definition) is 2. The Morgan fingerprint density at radius 3 is 2.36 bits per heavy atom. The van der Waals surface area contributed by atoms with E-state index in [4.69, 9.17) is 14.2 Å². The number of carbonyl (C=O) groups excluding carboxylic acids is 4. The molecular weight excluding hydrogens is 698 g/mol. The maximum absolute atomic E-state index is 15.3. The molecule has 2 bridgehead atoms. The van der Waals surface area contributed by atoms with Crippen molar-refractivity contribution in [2.24, 2.45) is 11.8 Å². The van der Waals surface area contributed by atoms with Gasteiger partial charge in [-0.3, -0.25) is 19.2 Å². The molecule has 0 saturated carbocycles. The minimum absolute atomic E-state index is 0.0423. The van der Waals surface area contributed by atoms with Crippen LogP contribution in [0.1, 0.15) is 60.1 Å². The van der Waals surface area contributed by atoms with Crippen molar-refractivity contribution in [3.8, 4) is 0 Å². The molecule has 3 amide bonds. The van der Waals surface area contributed by atoms with Crippen molar-refractivity contribution in [3.05, 3.63) is 126 Å². The highest BCUT2D eigenvalue weighted by atomic mass is 16.6. The molecule has 8 atom stereocenters. The van der Waals surface area contributed by atoms with E-state index >= 15 is 9.59 Å². The van der Waals surface area contributed by atoms with Crippen LogP contribution >= 0.6 is 0 Å². The zero-order valence-corrected chi connectivity index (χ0v) is 31.8. The van der Waals surface area contributed by atoms with E-state index in [1.807, 2.05) is 80.6 Å². The topological polar surface area (TPSA) is 135 Å². The van der Waals surface area contributed by atoms with Gasteiger partial charge in [0, 0.05) is 25.8 Å². The van der Waals surface area contributed by atoms with E-state index in [1.54, 1.807) is 29.2 Å². The molecule has 2 N–H and O–H groups in total. The Morgan fingerprint density at radius 1 is 1.04 bits per heavy atom. The maximum atomic E-state index is 15.3. The molecule has 3 fully saturated rings. The van der Waals surface area contributed by atoms with Crippen LogP contribution in [0.5, 0.6) is 0 Å². The first-order chi connectivity index (χ1) is 26.6. The van der Waals surface area contributed by atoms with Gasteiger partial charge in [-0.25, -0.2) is 0 Å². The average Bonchev–Trinajstić information content (AvgIpc) is 3.84. The fourth-order valence-electron chi connectivity index (χ4n) is 8.72. The van der Waals surface area contributed by atoms with Crippen molar-refractivity contribution in [2.45, 2.75) is 75.5 Å². The monoisotopic (exact) mass is 749 g/mol. The molecule has 290 valence electrons. The molecule has 3 saturated heterocycles. The molecule has 3 aliphatic rings. The number of aliphatic hydroxyl groups is 1. The number of fused-ring (bicyclic) bond motifs is 1. The van der Waals surface area contributed by atoms with Crippen LogP contribution in [0, 0.1) is 25.7 Å². The third kappa shape index (κ3) is 7.61. The Labute approximate surface area is 322 Å². The highest BCUT2D eigenvalue weighted by Gasteiger charge is 2.76. The maximum Gasteiger partial charge on any atom is 0.313 e. The lowest BCUT2D eigenvalue weighted by atomic mass is 9.70. The number of esters is 1. The summed E-state index contributed by atoms with van der Waals surface area (Å²) in [6.45, 7) is 11.2. The second kappa shape index (κ2) is 17.1. The van der Waals surface area contributed by atoms with Gasteiger partial charge < -0.3 is 34.4 Å². The quantitative estimate of drug-likeness (QED) is 0.140. The molecule has 11 nitrogen and oxygen atoms in total. The van der Waals surface area contributed by atoms with Gasteiger partial charge in [0.25, 0.3) is 5.91 Å². The molecule has 11 heteroatoms. The van der Waals surface area contributed by atoms with E-state index in [0.717, 1.165) is 11.1 Å². The summed E-state index contributed by atoms with van der Waals surface area (Å²) >= 11 is 0. The van der Waals surface area contributed by atoms with E-state index in [-0.39, 0.29) is 25.5 Å². The number of aliphatic hydroxyl groups excluding tert-OH is 1. The van der Waals surface area contributed by atoms with E-state index in [2.05, 4.69) is 18.5 Å². The Hall–Kier alpha value is -5.10. The first kappa shape index (κ1) is 39.6. The number of ether oxygens (including phenoxy) is 3. The van der Waals surface area contributed by atoms with E-state index < -0.39 is 72.2 Å². The van der Waals surface area contributed by atoms with Crippen LogP contribution in [0.25, 0.3) is 0 Å². The normalized spacial score (nSPS) is 24.1. The van der Waals surface area contributed by atoms with Crippen LogP contribution in [-0.2, 0) is 33.4 Å². The predicted octanol–water partition coefficient (Wildman–Crippen LogP) is 5.31. The van der Waals surface area contributed by atoms with Gasteiger partial charge >= 0.3 is 5.97 Å². The highest BCUT2D eigenvalue weighted by molar-refractivity contribution is 6.05. The number of anilines is 1. The molecule has 55 heavy (non-hydrogen) atoms. The van der Waals surface area contributed by atoms with Crippen LogP contribution < -0.4 is 10.2 Å². The fourth-order valence-corrected chi connectivity index (χ4v) is 8.72. The number of allylic oxidation sites excluding steroid dienone is 1. The molecule has 0 radical (unpaired) electrons. The summed E-state index contributed by atoms with van der Waals surface area (Å²) in [6.07, 6.45) is 3.05. The van der Waals surface area contributed by atoms with Crippen molar-refractivity contribution in [1.29, 1.82) is 0 Å². The third-order valence-electron chi connectivity index (χ3n) is 11.2. The summed E-state index contributed by atoms with van der Waals surface area (Å²) in [5, 5.41) is 13.9. The number of carbonyl (C=O) groups is 4. The fraction of sp³-hybridized carbons (Fsp3) is 0.409. The van der Waals surface area contributed by atoms with Crippen molar-refractivity contribution in [3.63, 3.8) is 0 Å². The van der Waals surface area contributed by atoms with Gasteiger partial charge in [-0.05, 0) is 61.4 Å². The van der Waals surface area contributed by atoms with Crippen LogP contribution in [0.4, 0.5) is 5.69 Å². The number of nitrogens with zero attached hydrogens (tertiary/aromatic N) is 2. The SMILES string of the molecule is C=CCCC(=O)N[C@@H](COC)[C@@H](OC(=O)[C@@H]1[C@H]2C(=O)N([C@H](CO)c3ccccc3)[C@H](C(=O)N(CC=C)c3cc(C)ccc3C)[C@]23CC[C@H]1O3)c1ccccc1. The first-order valence-corrected chi connectivity index (χ1v) is 18.9. The van der Waals surface area contributed by atoms with Crippen LogP contribution in [0.15, 0.2) is 104 Å². The molecule has 0 aromatic heterocycles. The third-order valence-corrected chi connectivity index (χ3v) is 11.2. The molecule has 0 aliphatic carbocycles. The van der Waals surface area contributed by atoms with Gasteiger partial charge in [0.15, 0.2) is 0 Å². The zero-order valence-electron chi connectivity index (χ0n) is 31.8. The molecule has 1 spiro atoms. The standard InChI is InChI=1S/C44H51N3O8/c1-6-8-19-36(49)45-32(27-53-5)39(31-17-13-10-14-18-31)54-43(52)37-35-22-23-44(55-35)38(37)41(50)47(34(26-48)30-15-11-9-12-16-30)40(44)42(51)46(24-7-2)33-25-28(3)20-21-29(33)4/h6-7,9-18,20-21,25,32,34-35,37-40,48H,1-2,8,19,22-24,26-27H2,3-5H3,(H,45,49)/t32-,34+,35+,37-,38-,39-,40+,44-/m0/s1. The lowest BCUT2D eigenvalue weighted by molar-refractivity contribution is -0.163. The Morgan fingerprint density at radius 2 is 1.73 bits per heavy atom. The largest absolute Gasteiger partial charge is 0.455 e. The molecular formula is C44H51N3O8. The second-order valence-corrected chi connectivity index (χ2v) is 14.7. The second-order valence-electron chi connectivity index (χ2n) is 14.7. The minimum atomic E-state index is -1.38. The number of hydrogen-bond acceptors (Lipinski definition) is 8. The summed E-state index contributed by atoms with van der Waals surface area (Å²) in [5.41, 5.74) is 2.38. The Balaban J connectivity index is 1.42. The summed E-state index contributed by atoms with van der Waals surface area (Å²) < 4.78 is 18.7. The van der Waals surface area contributed by atoms with Gasteiger partial charge in [0.2, 0.25) is 11.8 Å². The van der Waals surface area contributed by atoms with Crippen molar-refractivity contribution >= 4 is 29.4 Å². The van der Waals surface area contributed by atoms with E-state index in [9.17, 15) is 14.7 Å². The van der Waals surface area contributed by atoms with Crippen molar-refractivity contribution in [1.82, 2.24) is 10.2 Å². The summed E-state index contributed by atoms with van der Waals surface area (Å²) in [4.78, 5) is 61.1. The average molecular weight is 750 g/mol. The van der Waals surface area contributed by atoms with Gasteiger partial charge in [0.05, 0.1) is 43.2 Å². The first-order valence-electron chi connectivity index (χ1n) is 18.9. The predicted molar refractivity (Wildman–Crippen MR) is 208 cm³/mol. The van der Waals surface area contributed by atoms with Gasteiger partial charge in [-0.2, -0.15) is 0 Å². The van der Waals surface area contributed by atoms with Crippen LogP contribution in [0.3, 0.4) is 0 Å². The molecule has 3 aromatic rings. The van der Waals surface area contributed by atoms with Crippen LogP contribution in [0.2, 0.25) is 0 Å².